The quantitative estimate of drug-likeness (QED) is 0.507. The van der Waals surface area contributed by atoms with E-state index in [1.54, 1.807) is 0 Å². The predicted octanol–water partition coefficient (Wildman–Crippen LogP) is 5.07. The van der Waals surface area contributed by atoms with Crippen LogP contribution in [0.4, 0.5) is 13.2 Å². The molecule has 2 aromatic heterocycles. The molecule has 1 saturated heterocycles. The maximum atomic E-state index is 13.0. The molecule has 0 amide bonds. The first-order valence-corrected chi connectivity index (χ1v) is 10.6. The molecule has 0 radical (unpaired) electrons. The number of aryl methyl sites for hydroxylation is 2. The second-order valence-electron chi connectivity index (χ2n) is 9.19. The van der Waals surface area contributed by atoms with Gasteiger partial charge in [0, 0.05) is 6.20 Å². The summed E-state index contributed by atoms with van der Waals surface area (Å²) < 4.78 is 53.1. The summed E-state index contributed by atoms with van der Waals surface area (Å²) in [5.74, 6) is 0.701. The Bertz CT molecular complexity index is 1190. The fourth-order valence-electron chi connectivity index (χ4n) is 3.74. The summed E-state index contributed by atoms with van der Waals surface area (Å²) in [7, 11) is -0.542. The van der Waals surface area contributed by atoms with E-state index in [0.717, 1.165) is 34.3 Å². The highest BCUT2D eigenvalue weighted by Gasteiger charge is 2.51. The van der Waals surface area contributed by atoms with E-state index in [4.69, 9.17) is 20.9 Å². The highest BCUT2D eigenvalue weighted by Crippen LogP contribution is 2.37. The molecule has 0 unspecified atom stereocenters. The van der Waals surface area contributed by atoms with E-state index in [2.05, 4.69) is 9.97 Å². The number of benzene rings is 1. The maximum Gasteiger partial charge on any atom is 0.494 e. The lowest BCUT2D eigenvalue weighted by Gasteiger charge is -2.32. The molecule has 0 bridgehead atoms. The van der Waals surface area contributed by atoms with Gasteiger partial charge in [-0.1, -0.05) is 17.7 Å². The highest BCUT2D eigenvalue weighted by atomic mass is 35.5. The smallest absolute Gasteiger partial charge is 0.399 e. The van der Waals surface area contributed by atoms with Crippen LogP contribution in [-0.4, -0.2) is 32.9 Å². The molecule has 0 atom stereocenters. The van der Waals surface area contributed by atoms with Crippen LogP contribution < -0.4 is 5.46 Å². The number of halogens is 4. The van der Waals surface area contributed by atoms with Gasteiger partial charge in [-0.15, -0.1) is 0 Å². The minimum absolute atomic E-state index is 0.0417. The molecule has 3 aromatic rings. The Morgan fingerprint density at radius 3 is 2.25 bits per heavy atom. The number of imidazole rings is 1. The van der Waals surface area contributed by atoms with Crippen LogP contribution in [0.2, 0.25) is 5.02 Å². The Labute approximate surface area is 190 Å². The topological polar surface area (TPSA) is 49.2 Å². The van der Waals surface area contributed by atoms with Crippen molar-refractivity contribution in [2.45, 2.75) is 65.5 Å². The minimum atomic E-state index is -4.50. The van der Waals surface area contributed by atoms with Gasteiger partial charge in [0.15, 0.2) is 0 Å². The van der Waals surface area contributed by atoms with E-state index in [-0.39, 0.29) is 11.6 Å². The van der Waals surface area contributed by atoms with Crippen LogP contribution in [0.5, 0.6) is 0 Å². The minimum Gasteiger partial charge on any atom is -0.399 e. The summed E-state index contributed by atoms with van der Waals surface area (Å²) in [4.78, 5) is 8.63. The monoisotopic (exact) mass is 465 g/mol. The Hall–Kier alpha value is -2.10. The van der Waals surface area contributed by atoms with Gasteiger partial charge in [-0.05, 0) is 64.7 Å². The normalized spacial score (nSPS) is 18.0. The maximum absolute atomic E-state index is 13.0. The molecule has 1 aromatic carbocycles. The van der Waals surface area contributed by atoms with E-state index < -0.39 is 30.1 Å². The molecular formula is C22H24BClF3N3O2. The van der Waals surface area contributed by atoms with Crippen molar-refractivity contribution < 1.29 is 22.5 Å². The zero-order valence-electron chi connectivity index (χ0n) is 18.8. The van der Waals surface area contributed by atoms with Crippen molar-refractivity contribution in [3.8, 4) is 0 Å². The molecule has 0 aliphatic carbocycles. The average Bonchev–Trinajstić information content (AvgIpc) is 3.08. The van der Waals surface area contributed by atoms with Crippen LogP contribution in [-0.2, 0) is 22.0 Å². The zero-order chi connectivity index (χ0) is 23.6. The number of hydrogen-bond acceptors (Lipinski definition) is 4. The molecule has 170 valence electrons. The largest absolute Gasteiger partial charge is 0.494 e. The van der Waals surface area contributed by atoms with Crippen LogP contribution >= 0.6 is 11.6 Å². The third-order valence-electron chi connectivity index (χ3n) is 6.34. The van der Waals surface area contributed by atoms with Crippen molar-refractivity contribution in [1.29, 1.82) is 0 Å². The second kappa shape index (κ2) is 7.47. The van der Waals surface area contributed by atoms with Crippen molar-refractivity contribution in [3.63, 3.8) is 0 Å². The number of nitrogens with zero attached hydrogens (tertiary/aromatic N) is 3. The lowest BCUT2D eigenvalue weighted by molar-refractivity contribution is -0.137. The van der Waals surface area contributed by atoms with Crippen molar-refractivity contribution in [2.75, 3.05) is 0 Å². The molecule has 1 fully saturated rings. The highest BCUT2D eigenvalue weighted by molar-refractivity contribution is 6.62. The Balaban J connectivity index is 1.75. The summed E-state index contributed by atoms with van der Waals surface area (Å²) in [5, 5.41) is -0.0417. The second-order valence-corrected chi connectivity index (χ2v) is 9.60. The lowest BCUT2D eigenvalue weighted by atomic mass is 9.78. The van der Waals surface area contributed by atoms with Crippen LogP contribution in [0, 0.1) is 13.8 Å². The summed E-state index contributed by atoms with van der Waals surface area (Å²) in [6, 6.07) is 4.84. The van der Waals surface area contributed by atoms with E-state index in [1.165, 1.54) is 0 Å². The van der Waals surface area contributed by atoms with Crippen molar-refractivity contribution in [1.82, 2.24) is 14.5 Å². The van der Waals surface area contributed by atoms with Crippen LogP contribution in [0.15, 0.2) is 24.4 Å². The van der Waals surface area contributed by atoms with Gasteiger partial charge in [0.2, 0.25) is 0 Å². The summed E-state index contributed by atoms with van der Waals surface area (Å²) in [5.41, 5.74) is 1.90. The molecule has 32 heavy (non-hydrogen) atoms. The number of fused-ring (bicyclic) bond motifs is 1. The van der Waals surface area contributed by atoms with E-state index in [9.17, 15) is 13.2 Å². The van der Waals surface area contributed by atoms with Crippen molar-refractivity contribution >= 4 is 35.2 Å². The third kappa shape index (κ3) is 3.91. The van der Waals surface area contributed by atoms with Gasteiger partial charge in [0.05, 0.1) is 45.1 Å². The van der Waals surface area contributed by atoms with Gasteiger partial charge < -0.3 is 13.9 Å². The van der Waals surface area contributed by atoms with Crippen LogP contribution in [0.3, 0.4) is 0 Å². The molecule has 4 rings (SSSR count). The van der Waals surface area contributed by atoms with E-state index >= 15 is 0 Å². The summed E-state index contributed by atoms with van der Waals surface area (Å²) >= 11 is 6.15. The van der Waals surface area contributed by atoms with Crippen LogP contribution in [0.25, 0.3) is 11.0 Å². The predicted molar refractivity (Wildman–Crippen MR) is 118 cm³/mol. The first kappa shape index (κ1) is 23.1. The zero-order valence-corrected chi connectivity index (χ0v) is 19.5. The molecule has 0 N–H and O–H groups in total. The van der Waals surface area contributed by atoms with Gasteiger partial charge in [0.1, 0.15) is 5.82 Å². The Morgan fingerprint density at radius 1 is 1.06 bits per heavy atom. The lowest BCUT2D eigenvalue weighted by Crippen LogP contribution is -2.41. The summed E-state index contributed by atoms with van der Waals surface area (Å²) in [6.07, 6.45) is -3.70. The van der Waals surface area contributed by atoms with Gasteiger partial charge in [-0.3, -0.25) is 4.98 Å². The number of rotatable bonds is 3. The van der Waals surface area contributed by atoms with Gasteiger partial charge in [-0.25, -0.2) is 4.98 Å². The SMILES string of the molecule is Cc1cc(B2OC(C)(C)C(C)(C)O2)cc2c1nc(C)n2Cc1ncc(C(F)(F)F)cc1Cl. The fourth-order valence-corrected chi connectivity index (χ4v) is 3.96. The molecule has 1 aliphatic rings. The number of pyridine rings is 1. The number of aromatic nitrogens is 3. The molecule has 10 heteroatoms. The van der Waals surface area contributed by atoms with Crippen molar-refractivity contribution in [2.24, 2.45) is 0 Å². The first-order valence-electron chi connectivity index (χ1n) is 10.2. The van der Waals surface area contributed by atoms with Crippen LogP contribution in [0.1, 0.15) is 50.3 Å². The summed E-state index contributed by atoms with van der Waals surface area (Å²) in [6.45, 7) is 11.9. The average molecular weight is 466 g/mol. The molecular weight excluding hydrogens is 442 g/mol. The van der Waals surface area contributed by atoms with E-state index in [0.29, 0.717) is 11.5 Å². The third-order valence-corrected chi connectivity index (χ3v) is 6.66. The van der Waals surface area contributed by atoms with Gasteiger partial charge >= 0.3 is 13.3 Å². The first-order chi connectivity index (χ1) is 14.7. The van der Waals surface area contributed by atoms with Crippen molar-refractivity contribution in [3.05, 3.63) is 52.1 Å². The molecule has 5 nitrogen and oxygen atoms in total. The molecule has 0 spiro atoms. The van der Waals surface area contributed by atoms with Gasteiger partial charge in [-0.2, -0.15) is 13.2 Å². The number of alkyl halides is 3. The number of hydrogen-bond donors (Lipinski definition) is 0. The molecule has 3 heterocycles. The molecule has 1 aliphatic heterocycles. The fraction of sp³-hybridized carbons (Fsp3) is 0.455. The Kier molecular flexibility index (Phi) is 5.38. The molecule has 0 saturated carbocycles. The standard InChI is InChI=1S/C22H24BClF3N3O2/c1-12-7-15(23-31-20(3,4)21(5,6)32-23)9-18-19(12)29-13(2)30(18)11-17-16(24)8-14(10-28-17)22(25,26)27/h7-10H,11H2,1-6H3. The van der Waals surface area contributed by atoms with Gasteiger partial charge in [0.25, 0.3) is 0 Å². The van der Waals surface area contributed by atoms with E-state index in [1.807, 2.05) is 58.2 Å². The Morgan fingerprint density at radius 2 is 1.69 bits per heavy atom.